The second kappa shape index (κ2) is 7.38. The molecule has 0 bridgehead atoms. The molecule has 0 radical (unpaired) electrons. The Balaban J connectivity index is 1.89. The molecule has 1 aliphatic rings. The van der Waals surface area contributed by atoms with Gasteiger partial charge in [-0.2, -0.15) is 0 Å². The maximum absolute atomic E-state index is 8.28. The standard InChI is InChI=1S/C26H24BN3/c1-19-11-10-12-20(2)24(19)27-29(22-13-6-4-7-14-22)25-21(3)17-18-28-26(25)30(27)23-15-8-5-9-16-23/h4-18H,1-3H3/i3D3. The van der Waals surface area contributed by atoms with Crippen LogP contribution >= 0.6 is 0 Å². The molecule has 0 unspecified atom stereocenters. The number of benzene rings is 3. The smallest absolute Gasteiger partial charge is 0.358 e. The Hall–Kier alpha value is -3.53. The van der Waals surface area contributed by atoms with Crippen LogP contribution < -0.4 is 15.1 Å². The van der Waals surface area contributed by atoms with E-state index in [4.69, 9.17) is 9.10 Å². The predicted molar refractivity (Wildman–Crippen MR) is 127 cm³/mol. The van der Waals surface area contributed by atoms with E-state index in [1.165, 1.54) is 0 Å². The third kappa shape index (κ3) is 2.88. The highest BCUT2D eigenvalue weighted by atomic mass is 15.3. The molecule has 0 spiro atoms. The third-order valence-corrected chi connectivity index (χ3v) is 5.73. The van der Waals surface area contributed by atoms with Gasteiger partial charge in [0.2, 0.25) is 0 Å². The van der Waals surface area contributed by atoms with Crippen molar-refractivity contribution in [3.05, 3.63) is 108 Å². The lowest BCUT2D eigenvalue weighted by molar-refractivity contribution is 1.24. The van der Waals surface area contributed by atoms with Gasteiger partial charge in [0.1, 0.15) is 5.82 Å². The van der Waals surface area contributed by atoms with Gasteiger partial charge in [-0.15, -0.1) is 0 Å². The molecule has 0 aliphatic carbocycles. The van der Waals surface area contributed by atoms with Crippen LogP contribution in [0.3, 0.4) is 0 Å². The highest BCUT2D eigenvalue weighted by Crippen LogP contribution is 2.46. The number of aromatic nitrogens is 1. The number of para-hydroxylation sites is 2. The molecule has 4 heteroatoms. The van der Waals surface area contributed by atoms with E-state index in [-0.39, 0.29) is 6.98 Å². The van der Waals surface area contributed by atoms with Crippen molar-refractivity contribution in [3.8, 4) is 0 Å². The predicted octanol–water partition coefficient (Wildman–Crippen LogP) is 5.69. The molecule has 2 heterocycles. The van der Waals surface area contributed by atoms with Gasteiger partial charge in [0.15, 0.2) is 0 Å². The Labute approximate surface area is 183 Å². The van der Waals surface area contributed by atoms with Crippen LogP contribution in [0.25, 0.3) is 0 Å². The number of aryl methyl sites for hydroxylation is 3. The van der Waals surface area contributed by atoms with Crippen molar-refractivity contribution in [2.75, 3.05) is 9.62 Å². The quantitative estimate of drug-likeness (QED) is 0.418. The maximum atomic E-state index is 8.28. The first-order valence-electron chi connectivity index (χ1n) is 11.6. The fourth-order valence-corrected chi connectivity index (χ4v) is 4.41. The van der Waals surface area contributed by atoms with Gasteiger partial charge in [0.05, 0.1) is 5.69 Å². The molecule has 1 aliphatic heterocycles. The summed E-state index contributed by atoms with van der Waals surface area (Å²) in [7, 11) is 0. The van der Waals surface area contributed by atoms with Gasteiger partial charge in [0, 0.05) is 21.7 Å². The van der Waals surface area contributed by atoms with Crippen LogP contribution in [0.1, 0.15) is 20.8 Å². The van der Waals surface area contributed by atoms with E-state index in [1.54, 1.807) is 12.3 Å². The third-order valence-electron chi connectivity index (χ3n) is 5.73. The van der Waals surface area contributed by atoms with Crippen molar-refractivity contribution < 1.29 is 4.11 Å². The molecular weight excluding hydrogens is 365 g/mol. The molecule has 0 saturated carbocycles. The van der Waals surface area contributed by atoms with E-state index >= 15 is 0 Å². The largest absolute Gasteiger partial charge is 0.422 e. The zero-order valence-electron chi connectivity index (χ0n) is 20.1. The average molecular weight is 392 g/mol. The Bertz CT molecular complexity index is 1270. The van der Waals surface area contributed by atoms with Crippen LogP contribution in [0.5, 0.6) is 0 Å². The Morgan fingerprint density at radius 1 is 0.700 bits per heavy atom. The summed E-state index contributed by atoms with van der Waals surface area (Å²) < 4.78 is 24.8. The summed E-state index contributed by atoms with van der Waals surface area (Å²) in [5, 5.41) is 0. The number of rotatable bonds is 3. The lowest BCUT2D eigenvalue weighted by Gasteiger charge is -2.31. The lowest BCUT2D eigenvalue weighted by atomic mass is 9.61. The van der Waals surface area contributed by atoms with E-state index in [2.05, 4.69) is 41.7 Å². The zero-order chi connectivity index (χ0) is 23.2. The van der Waals surface area contributed by atoms with Crippen molar-refractivity contribution in [2.24, 2.45) is 0 Å². The number of pyridine rings is 1. The fraction of sp³-hybridized carbons (Fsp3) is 0.115. The highest BCUT2D eigenvalue weighted by Gasteiger charge is 2.46. The first-order valence-corrected chi connectivity index (χ1v) is 10.1. The van der Waals surface area contributed by atoms with E-state index in [1.807, 2.05) is 60.7 Å². The molecule has 146 valence electrons. The molecule has 5 rings (SSSR count). The van der Waals surface area contributed by atoms with Crippen molar-refractivity contribution in [1.29, 1.82) is 0 Å². The topological polar surface area (TPSA) is 19.4 Å². The lowest BCUT2D eigenvalue weighted by Crippen LogP contribution is -2.55. The highest BCUT2D eigenvalue weighted by molar-refractivity contribution is 6.85. The van der Waals surface area contributed by atoms with Gasteiger partial charge < -0.3 is 9.62 Å². The molecule has 4 aromatic rings. The summed E-state index contributed by atoms with van der Waals surface area (Å²) in [6.07, 6.45) is 1.60. The van der Waals surface area contributed by atoms with Gasteiger partial charge in [-0.05, 0) is 62.1 Å². The van der Waals surface area contributed by atoms with Crippen LogP contribution in [-0.4, -0.2) is 12.0 Å². The van der Waals surface area contributed by atoms with Gasteiger partial charge in [-0.25, -0.2) is 4.98 Å². The number of nitrogens with zero attached hydrogens (tertiary/aromatic N) is 3. The van der Waals surface area contributed by atoms with Crippen LogP contribution in [0.4, 0.5) is 22.9 Å². The second-order valence-corrected chi connectivity index (χ2v) is 7.62. The molecule has 0 saturated heterocycles. The van der Waals surface area contributed by atoms with Gasteiger partial charge in [-0.3, -0.25) is 0 Å². The van der Waals surface area contributed by atoms with E-state index in [0.29, 0.717) is 17.1 Å². The molecule has 0 amide bonds. The van der Waals surface area contributed by atoms with Crippen molar-refractivity contribution in [1.82, 2.24) is 4.98 Å². The van der Waals surface area contributed by atoms with Crippen molar-refractivity contribution in [3.63, 3.8) is 0 Å². The molecular formula is C26H24BN3. The molecule has 30 heavy (non-hydrogen) atoms. The maximum Gasteiger partial charge on any atom is 0.422 e. The summed E-state index contributed by atoms with van der Waals surface area (Å²) >= 11 is 0. The van der Waals surface area contributed by atoms with Gasteiger partial charge >= 0.3 is 6.98 Å². The summed E-state index contributed by atoms with van der Waals surface area (Å²) in [5.41, 5.74) is 6.23. The monoisotopic (exact) mass is 392 g/mol. The van der Waals surface area contributed by atoms with E-state index in [9.17, 15) is 0 Å². The average Bonchev–Trinajstić information content (AvgIpc) is 3.14. The summed E-state index contributed by atoms with van der Waals surface area (Å²) in [5.74, 6) is 0.645. The first-order chi connectivity index (χ1) is 15.9. The van der Waals surface area contributed by atoms with E-state index < -0.39 is 6.85 Å². The second-order valence-electron chi connectivity index (χ2n) is 7.62. The van der Waals surface area contributed by atoms with Crippen molar-refractivity contribution in [2.45, 2.75) is 20.7 Å². The van der Waals surface area contributed by atoms with Crippen LogP contribution in [0, 0.1) is 20.7 Å². The first kappa shape index (κ1) is 15.3. The molecule has 3 nitrogen and oxygen atoms in total. The van der Waals surface area contributed by atoms with Crippen molar-refractivity contribution >= 4 is 35.3 Å². The SMILES string of the molecule is [2H]C([2H])([2H])c1ccnc2c1N(c1ccccc1)B(c1c(C)cccc1C)N2c1ccccc1. The molecule has 1 aromatic heterocycles. The number of anilines is 4. The van der Waals surface area contributed by atoms with Crippen LogP contribution in [-0.2, 0) is 0 Å². The van der Waals surface area contributed by atoms with Gasteiger partial charge in [-0.1, -0.05) is 65.7 Å². The minimum atomic E-state index is -2.28. The van der Waals surface area contributed by atoms with Crippen LogP contribution in [0.2, 0.25) is 0 Å². The number of hydrogen-bond donors (Lipinski definition) is 0. The Morgan fingerprint density at radius 2 is 1.30 bits per heavy atom. The Kier molecular flexibility index (Phi) is 3.77. The summed E-state index contributed by atoms with van der Waals surface area (Å²) in [6.45, 7) is 1.64. The minimum absolute atomic E-state index is 0.290. The summed E-state index contributed by atoms with van der Waals surface area (Å²) in [4.78, 5) is 9.03. The Morgan fingerprint density at radius 3 is 1.90 bits per heavy atom. The van der Waals surface area contributed by atoms with Crippen LogP contribution in [0.15, 0.2) is 91.1 Å². The fourth-order valence-electron chi connectivity index (χ4n) is 4.41. The number of hydrogen-bond acceptors (Lipinski definition) is 3. The number of fused-ring (bicyclic) bond motifs is 1. The normalized spacial score (nSPS) is 14.9. The van der Waals surface area contributed by atoms with Gasteiger partial charge in [0.25, 0.3) is 0 Å². The molecule has 0 fully saturated rings. The molecule has 0 atom stereocenters. The zero-order valence-corrected chi connectivity index (χ0v) is 17.1. The molecule has 3 aromatic carbocycles. The minimum Gasteiger partial charge on any atom is -0.358 e. The molecule has 0 N–H and O–H groups in total. The van der Waals surface area contributed by atoms with E-state index in [0.717, 1.165) is 28.0 Å². The summed E-state index contributed by atoms with van der Waals surface area (Å²) in [6, 6.07) is 27.9.